The Bertz CT molecular complexity index is 2750. The fourth-order valence-corrected chi connectivity index (χ4v) is 9.57. The number of phenols is 2. The minimum Gasteiger partial charge on any atom is -0.508 e. The number of benzene rings is 2. The number of nitrogens with one attached hydrogen (secondary N) is 8. The molecular weight excluding hydrogens is 1220 g/mol. The van der Waals surface area contributed by atoms with E-state index in [1.807, 2.05) is 0 Å². The molecule has 2 rings (SSSR count). The molecular formula is C60H104N22O12. The second kappa shape index (κ2) is 46.0. The second-order valence-electron chi connectivity index (χ2n) is 22.7. The van der Waals surface area contributed by atoms with Gasteiger partial charge in [-0.1, -0.05) is 30.7 Å². The zero-order chi connectivity index (χ0) is 70.0. The van der Waals surface area contributed by atoms with Gasteiger partial charge in [-0.3, -0.25) is 53.3 Å². The van der Waals surface area contributed by atoms with Crippen molar-refractivity contribution >= 4 is 71.1 Å². The van der Waals surface area contributed by atoms with Crippen LogP contribution in [0.5, 0.6) is 11.5 Å². The molecule has 34 heteroatoms. The van der Waals surface area contributed by atoms with E-state index in [0.29, 0.717) is 62.6 Å². The topological polar surface area (TPSA) is 634 Å². The number of guanidine groups is 3. The third kappa shape index (κ3) is 34.0. The highest BCUT2D eigenvalue weighted by atomic mass is 16.4. The smallest absolute Gasteiger partial charge is 0.326 e. The van der Waals surface area contributed by atoms with E-state index in [2.05, 4.69) is 57.5 Å². The Hall–Kier alpha value is -9.12. The van der Waals surface area contributed by atoms with Gasteiger partial charge in [0.2, 0.25) is 47.3 Å². The molecule has 0 bridgehead atoms. The van der Waals surface area contributed by atoms with E-state index in [9.17, 15) is 58.5 Å². The number of rotatable bonds is 49. The number of nitrogens with zero attached hydrogens (tertiary/aromatic N) is 3. The third-order valence-electron chi connectivity index (χ3n) is 14.8. The molecule has 2 aromatic carbocycles. The zero-order valence-electron chi connectivity index (χ0n) is 53.6. The summed E-state index contributed by atoms with van der Waals surface area (Å²) in [6.07, 6.45) is 3.37. The second-order valence-corrected chi connectivity index (χ2v) is 22.7. The van der Waals surface area contributed by atoms with Crippen LogP contribution in [0.15, 0.2) is 63.5 Å². The van der Waals surface area contributed by atoms with Crippen molar-refractivity contribution in [3.8, 4) is 11.5 Å². The first-order chi connectivity index (χ1) is 44.8. The molecule has 0 aromatic heterocycles. The molecule has 33 N–H and O–H groups in total. The minimum atomic E-state index is -1.52. The summed E-state index contributed by atoms with van der Waals surface area (Å²) in [4.78, 5) is 139. The summed E-state index contributed by atoms with van der Waals surface area (Å²) >= 11 is 0. The zero-order valence-corrected chi connectivity index (χ0v) is 53.6. The van der Waals surface area contributed by atoms with E-state index in [1.165, 1.54) is 48.5 Å². The van der Waals surface area contributed by atoms with E-state index in [1.54, 1.807) is 0 Å². The van der Waals surface area contributed by atoms with Gasteiger partial charge in [0.15, 0.2) is 17.9 Å². The number of aliphatic carboxylic acids is 1. The first-order valence-electron chi connectivity index (χ1n) is 31.8. The summed E-state index contributed by atoms with van der Waals surface area (Å²) in [5.41, 5.74) is 63.2. The van der Waals surface area contributed by atoms with Gasteiger partial charge in [0.05, 0.1) is 6.04 Å². The summed E-state index contributed by atoms with van der Waals surface area (Å²) in [7, 11) is 0. The largest absolute Gasteiger partial charge is 0.508 e. The van der Waals surface area contributed by atoms with E-state index < -0.39 is 108 Å². The third-order valence-corrected chi connectivity index (χ3v) is 14.8. The summed E-state index contributed by atoms with van der Waals surface area (Å²) in [5.74, 6) is -8.85. The molecule has 0 fully saturated rings. The fraction of sp³-hybridized carbons (Fsp3) is 0.600. The Balaban J connectivity index is 2.68. The van der Waals surface area contributed by atoms with Crippen molar-refractivity contribution in [3.05, 3.63) is 59.7 Å². The maximum atomic E-state index is 14.9. The lowest BCUT2D eigenvalue weighted by molar-refractivity contribution is -0.142. The average Bonchev–Trinajstić information content (AvgIpc) is 0.959. The van der Waals surface area contributed by atoms with Crippen LogP contribution in [-0.2, 0) is 56.0 Å². The molecule has 94 heavy (non-hydrogen) atoms. The SMILES string of the molecule is NCCCC[C@H](NC(=O)[C@H](CCCCN)NC(=O)[C@H](Cc1ccc(O)cc1)NC(=O)[C@H](CCCCN)NC(=O)[C@H](Cc1ccc(O)cc1)NC(=O)[C@H](CCCN=C(N)N)NC(=O)[C@H](CCCN=C(N)N)NC(=O)[C@@H](N)CCCCN)C(=O)N[C@@H](CCCN=C(N)N)C(=O)O. The van der Waals surface area contributed by atoms with Crippen LogP contribution in [0.4, 0.5) is 0 Å². The van der Waals surface area contributed by atoms with E-state index in [4.69, 9.17) is 63.1 Å². The number of carboxylic acid groups (broad SMARTS) is 1. The summed E-state index contributed by atoms with van der Waals surface area (Å²) < 4.78 is 0. The van der Waals surface area contributed by atoms with Crippen molar-refractivity contribution < 1.29 is 58.5 Å². The lowest BCUT2D eigenvalue weighted by atomic mass is 10.0. The van der Waals surface area contributed by atoms with Crippen molar-refractivity contribution in [2.75, 3.05) is 45.8 Å². The molecule has 0 unspecified atom stereocenters. The highest BCUT2D eigenvalue weighted by Crippen LogP contribution is 2.16. The van der Waals surface area contributed by atoms with Gasteiger partial charge in [0.25, 0.3) is 0 Å². The highest BCUT2D eigenvalue weighted by Gasteiger charge is 2.35. The summed E-state index contributed by atoms with van der Waals surface area (Å²) in [6, 6.07) is -0.751. The van der Waals surface area contributed by atoms with Gasteiger partial charge in [-0.2, -0.15) is 0 Å². The minimum absolute atomic E-state index is 0.00600. The predicted octanol–water partition coefficient (Wildman–Crippen LogP) is -5.15. The number of hydrogen-bond donors (Lipinski definition) is 22. The number of nitrogens with two attached hydrogens (primary N) is 11. The van der Waals surface area contributed by atoms with Gasteiger partial charge in [0, 0.05) is 32.5 Å². The average molecular weight is 1330 g/mol. The number of carboxylic acids is 1. The fourth-order valence-electron chi connectivity index (χ4n) is 9.57. The number of carbonyl (C=O) groups excluding carboxylic acids is 8. The van der Waals surface area contributed by atoms with Crippen molar-refractivity contribution in [1.82, 2.24) is 42.5 Å². The Labute approximate surface area is 548 Å². The highest BCUT2D eigenvalue weighted by molar-refractivity contribution is 5.98. The molecule has 8 amide bonds. The van der Waals surface area contributed by atoms with Gasteiger partial charge in [-0.15, -0.1) is 0 Å². The van der Waals surface area contributed by atoms with Crippen molar-refractivity contribution in [2.24, 2.45) is 78.0 Å². The summed E-state index contributed by atoms with van der Waals surface area (Å²) in [5, 5.41) is 51.8. The predicted molar refractivity (Wildman–Crippen MR) is 356 cm³/mol. The molecule has 0 aliphatic carbocycles. The Kier molecular flexibility index (Phi) is 39.7. The number of carbonyl (C=O) groups is 9. The number of hydrogen-bond acceptors (Lipinski definition) is 19. The van der Waals surface area contributed by atoms with Crippen LogP contribution in [0.3, 0.4) is 0 Å². The van der Waals surface area contributed by atoms with Gasteiger partial charge < -0.3 is 121 Å². The lowest BCUT2D eigenvalue weighted by Crippen LogP contribution is -2.61. The quantitative estimate of drug-likeness (QED) is 0.0167. The molecule has 0 saturated heterocycles. The Morgan fingerprint density at radius 2 is 0.564 bits per heavy atom. The van der Waals surface area contributed by atoms with Crippen LogP contribution in [0.25, 0.3) is 0 Å². The number of aromatic hydroxyl groups is 2. The molecule has 34 nitrogen and oxygen atoms in total. The normalized spacial score (nSPS) is 13.8. The van der Waals surface area contributed by atoms with Crippen LogP contribution in [0, 0.1) is 0 Å². The number of aliphatic imine (C=N–C) groups is 3. The molecule has 0 heterocycles. The molecule has 9 atom stereocenters. The van der Waals surface area contributed by atoms with E-state index in [0.717, 1.165) is 0 Å². The number of amides is 8. The van der Waals surface area contributed by atoms with Gasteiger partial charge in [-0.25, -0.2) is 4.79 Å². The summed E-state index contributed by atoms with van der Waals surface area (Å²) in [6.45, 7) is 1.22. The van der Waals surface area contributed by atoms with Gasteiger partial charge in [0.1, 0.15) is 59.8 Å². The van der Waals surface area contributed by atoms with E-state index >= 15 is 0 Å². The standard InChI is InChI=1S/C60H104N22O12/c61-27-5-1-12-40(65)49(85)75-44(16-9-31-72-58(66)67)51(87)77-45(17-10-32-73-59(68)69)54(90)82-48(35-37-21-25-39(84)26-22-37)56(92)79-43(15-4-8-30-64)53(89)81-47(34-36-19-23-38(83)24-20-36)55(91)78-41(13-2-6-28-62)50(86)76-42(14-3-7-29-63)52(88)80-46(57(93)94)18-11-33-74-60(70)71/h19-26,40-48,83-84H,1-18,27-35,61-65H2,(H,75,85)(H,76,86)(H,77,87)(H,78,91)(H,79,92)(H,80,88)(H,81,89)(H,82,90)(H,93,94)(H4,66,67,72)(H4,68,69,73)(H4,70,71,74)/t40-,41-,42-,43-,44-,45-,46-,47-,48-/m0/s1. The molecule has 0 radical (unpaired) electrons. The molecule has 526 valence electrons. The van der Waals surface area contributed by atoms with Crippen LogP contribution in [0.1, 0.15) is 127 Å². The molecule has 0 aliphatic heterocycles. The van der Waals surface area contributed by atoms with Crippen LogP contribution in [0.2, 0.25) is 0 Å². The molecule has 0 saturated carbocycles. The van der Waals surface area contributed by atoms with Crippen molar-refractivity contribution in [3.63, 3.8) is 0 Å². The lowest BCUT2D eigenvalue weighted by Gasteiger charge is -2.28. The first kappa shape index (κ1) is 81.0. The van der Waals surface area contributed by atoms with Crippen LogP contribution in [-0.4, -0.2) is 187 Å². The Morgan fingerprint density at radius 1 is 0.330 bits per heavy atom. The monoisotopic (exact) mass is 1320 g/mol. The van der Waals surface area contributed by atoms with Crippen LogP contribution >= 0.6 is 0 Å². The first-order valence-corrected chi connectivity index (χ1v) is 31.8. The van der Waals surface area contributed by atoms with Crippen molar-refractivity contribution in [2.45, 2.75) is 183 Å². The van der Waals surface area contributed by atoms with Gasteiger partial charge in [-0.05, 0) is 171 Å². The molecule has 0 spiro atoms. The van der Waals surface area contributed by atoms with E-state index in [-0.39, 0.29) is 152 Å². The number of phenolic OH excluding ortho intramolecular Hbond substituents is 2. The maximum Gasteiger partial charge on any atom is 0.326 e. The molecule has 2 aromatic rings. The number of unbranched alkanes of at least 4 members (excludes halogenated alkanes) is 4. The maximum absolute atomic E-state index is 14.9. The van der Waals surface area contributed by atoms with Crippen LogP contribution < -0.4 is 106 Å². The van der Waals surface area contributed by atoms with Gasteiger partial charge >= 0.3 is 5.97 Å². The molecule has 0 aliphatic rings. The van der Waals surface area contributed by atoms with Crippen molar-refractivity contribution in [1.29, 1.82) is 0 Å². The Morgan fingerprint density at radius 3 is 0.840 bits per heavy atom.